The molecule has 1 aromatic heterocycles. The highest BCUT2D eigenvalue weighted by Crippen LogP contribution is 2.24. The van der Waals surface area contributed by atoms with E-state index in [1.54, 1.807) is 25.5 Å². The van der Waals surface area contributed by atoms with Crippen LogP contribution in [0.3, 0.4) is 0 Å². The number of benzene rings is 2. The minimum absolute atomic E-state index is 0.270. The molecule has 0 aliphatic rings. The molecule has 10 heteroatoms. The molecule has 6 nitrogen and oxygen atoms in total. The van der Waals surface area contributed by atoms with Crippen molar-refractivity contribution in [3.8, 4) is 11.5 Å². The first kappa shape index (κ1) is 21.3. The molecule has 0 aliphatic carbocycles. The quantitative estimate of drug-likeness (QED) is 0.327. The van der Waals surface area contributed by atoms with E-state index in [1.165, 1.54) is 18.0 Å². The number of halogens is 3. The number of nitrogens with zero attached hydrogens (tertiary/aromatic N) is 4. The van der Waals surface area contributed by atoms with E-state index in [-0.39, 0.29) is 11.8 Å². The van der Waals surface area contributed by atoms with Crippen LogP contribution in [-0.2, 0) is 6.61 Å². The molecule has 0 aliphatic heterocycles. The van der Waals surface area contributed by atoms with Gasteiger partial charge in [-0.1, -0.05) is 33.8 Å². The summed E-state index contributed by atoms with van der Waals surface area (Å²) in [7, 11) is 1.57. The van der Waals surface area contributed by atoms with Crippen molar-refractivity contribution in [3.63, 3.8) is 0 Å². The van der Waals surface area contributed by atoms with E-state index in [2.05, 4.69) is 31.2 Å². The molecule has 2 aromatic carbocycles. The lowest BCUT2D eigenvalue weighted by Crippen LogP contribution is -2.02. The summed E-state index contributed by atoms with van der Waals surface area (Å²) in [5.74, 6) is 0.855. The Morgan fingerprint density at radius 1 is 1.24 bits per heavy atom. The third kappa shape index (κ3) is 5.33. The van der Waals surface area contributed by atoms with Crippen LogP contribution in [-0.4, -0.2) is 34.5 Å². The summed E-state index contributed by atoms with van der Waals surface area (Å²) < 4.78 is 39.4. The van der Waals surface area contributed by atoms with Crippen molar-refractivity contribution in [2.24, 2.45) is 5.10 Å². The summed E-state index contributed by atoms with van der Waals surface area (Å²) in [5, 5.41) is 11.6. The van der Waals surface area contributed by atoms with Gasteiger partial charge < -0.3 is 9.47 Å². The second-order valence-electron chi connectivity index (χ2n) is 5.72. The normalized spacial score (nSPS) is 11.4. The van der Waals surface area contributed by atoms with Crippen molar-refractivity contribution >= 4 is 33.9 Å². The molecule has 0 spiro atoms. The van der Waals surface area contributed by atoms with Gasteiger partial charge in [0.05, 0.1) is 13.3 Å². The highest BCUT2D eigenvalue weighted by atomic mass is 79.9. The van der Waals surface area contributed by atoms with Crippen LogP contribution in [0.15, 0.2) is 57.2 Å². The predicted octanol–water partition coefficient (Wildman–Crippen LogP) is 5.17. The maximum Gasteiger partial charge on any atom is 0.299 e. The zero-order valence-corrected chi connectivity index (χ0v) is 18.0. The molecule has 3 rings (SSSR count). The van der Waals surface area contributed by atoms with E-state index in [9.17, 15) is 8.78 Å². The number of hydrogen-bond acceptors (Lipinski definition) is 6. The van der Waals surface area contributed by atoms with E-state index in [1.807, 2.05) is 30.3 Å². The molecule has 0 saturated heterocycles. The van der Waals surface area contributed by atoms with Crippen molar-refractivity contribution in [2.45, 2.75) is 18.2 Å². The van der Waals surface area contributed by atoms with E-state index in [0.717, 1.165) is 14.7 Å². The molecule has 3 aromatic rings. The number of rotatable bonds is 8. The van der Waals surface area contributed by atoms with Gasteiger partial charge in [0, 0.05) is 10.0 Å². The molecular formula is C19H17BrF2N4O2S. The van der Waals surface area contributed by atoms with Crippen molar-refractivity contribution < 1.29 is 18.3 Å². The molecule has 0 fully saturated rings. The maximum atomic E-state index is 13.1. The summed E-state index contributed by atoms with van der Waals surface area (Å²) in [6, 6.07) is 12.9. The van der Waals surface area contributed by atoms with Crippen LogP contribution in [0.25, 0.3) is 0 Å². The van der Waals surface area contributed by atoms with Gasteiger partial charge in [0.25, 0.3) is 6.43 Å². The van der Waals surface area contributed by atoms with Crippen LogP contribution in [0.2, 0.25) is 0 Å². The van der Waals surface area contributed by atoms with Gasteiger partial charge in [-0.15, -0.1) is 10.2 Å². The lowest BCUT2D eigenvalue weighted by molar-refractivity contribution is 0.135. The average Bonchev–Trinajstić information content (AvgIpc) is 3.14. The van der Waals surface area contributed by atoms with Crippen LogP contribution in [0.1, 0.15) is 23.4 Å². The number of ether oxygens (including phenoxy) is 2. The number of thioether (sulfide) groups is 1. The second kappa shape index (κ2) is 9.84. The van der Waals surface area contributed by atoms with Crippen molar-refractivity contribution in [1.29, 1.82) is 0 Å². The Morgan fingerprint density at radius 3 is 2.76 bits per heavy atom. The van der Waals surface area contributed by atoms with E-state index >= 15 is 0 Å². The van der Waals surface area contributed by atoms with Crippen LogP contribution in [0, 0.1) is 0 Å². The fraction of sp³-hybridized carbons (Fsp3) is 0.211. The maximum absolute atomic E-state index is 13.1. The Balaban J connectivity index is 1.83. The number of alkyl halides is 2. The van der Waals surface area contributed by atoms with Crippen molar-refractivity contribution in [1.82, 2.24) is 14.9 Å². The molecule has 0 atom stereocenters. The number of aromatic nitrogens is 3. The lowest BCUT2D eigenvalue weighted by Gasteiger charge is -2.11. The highest BCUT2D eigenvalue weighted by Gasteiger charge is 2.19. The topological polar surface area (TPSA) is 61.5 Å². The minimum atomic E-state index is -2.77. The Morgan fingerprint density at radius 2 is 2.07 bits per heavy atom. The zero-order chi connectivity index (χ0) is 20.8. The van der Waals surface area contributed by atoms with Gasteiger partial charge in [-0.25, -0.2) is 8.78 Å². The van der Waals surface area contributed by atoms with Gasteiger partial charge in [-0.2, -0.15) is 9.78 Å². The Hall–Kier alpha value is -2.46. The SMILES string of the molecule is COc1ccc(/C=N/n2c(SC)nnc2C(F)F)cc1COc1cccc(Br)c1. The number of methoxy groups -OCH3 is 1. The molecule has 152 valence electrons. The van der Waals surface area contributed by atoms with E-state index in [4.69, 9.17) is 9.47 Å². The molecule has 0 N–H and O–H groups in total. The summed E-state index contributed by atoms with van der Waals surface area (Å²) in [4.78, 5) is 0. The predicted molar refractivity (Wildman–Crippen MR) is 111 cm³/mol. The molecular weight excluding hydrogens is 466 g/mol. The zero-order valence-electron chi connectivity index (χ0n) is 15.6. The largest absolute Gasteiger partial charge is 0.496 e. The molecule has 0 radical (unpaired) electrons. The van der Waals surface area contributed by atoms with E-state index < -0.39 is 12.2 Å². The lowest BCUT2D eigenvalue weighted by atomic mass is 10.1. The van der Waals surface area contributed by atoms with Gasteiger partial charge >= 0.3 is 0 Å². The molecule has 1 heterocycles. The summed E-state index contributed by atoms with van der Waals surface area (Å²) in [6.07, 6.45) is 0.415. The molecule has 0 amide bonds. The van der Waals surface area contributed by atoms with Gasteiger partial charge in [0.2, 0.25) is 11.0 Å². The fourth-order valence-electron chi connectivity index (χ4n) is 2.48. The van der Waals surface area contributed by atoms with Crippen LogP contribution in [0.4, 0.5) is 8.78 Å². The summed E-state index contributed by atoms with van der Waals surface area (Å²) in [5.41, 5.74) is 1.49. The van der Waals surface area contributed by atoms with Crippen molar-refractivity contribution in [3.05, 3.63) is 63.9 Å². The van der Waals surface area contributed by atoms with Gasteiger partial charge in [0.15, 0.2) is 0 Å². The smallest absolute Gasteiger partial charge is 0.299 e. The fourth-order valence-corrected chi connectivity index (χ4v) is 3.30. The summed E-state index contributed by atoms with van der Waals surface area (Å²) in [6.45, 7) is 0.270. The van der Waals surface area contributed by atoms with Gasteiger partial charge in [-0.3, -0.25) is 0 Å². The second-order valence-corrected chi connectivity index (χ2v) is 7.41. The Bertz CT molecular complexity index is 1010. The average molecular weight is 483 g/mol. The molecule has 29 heavy (non-hydrogen) atoms. The minimum Gasteiger partial charge on any atom is -0.496 e. The summed E-state index contributed by atoms with van der Waals surface area (Å²) >= 11 is 4.59. The third-order valence-electron chi connectivity index (χ3n) is 3.83. The van der Waals surface area contributed by atoms with Crippen LogP contribution >= 0.6 is 27.7 Å². The molecule has 0 unspecified atom stereocenters. The molecule has 0 bridgehead atoms. The standard InChI is InChI=1S/C19H17BrF2N4O2S/c1-27-16-7-6-12(8-13(16)11-28-15-5-3-4-14(20)9-15)10-23-26-18(17(21)22)24-25-19(26)29-2/h3-10,17H,11H2,1-2H3/b23-10+. The van der Waals surface area contributed by atoms with E-state index in [0.29, 0.717) is 17.1 Å². The molecule has 0 saturated carbocycles. The third-order valence-corrected chi connectivity index (χ3v) is 4.94. The first-order valence-corrected chi connectivity index (χ1v) is 10.4. The first-order chi connectivity index (χ1) is 14.0. The van der Waals surface area contributed by atoms with Crippen molar-refractivity contribution in [2.75, 3.05) is 13.4 Å². The number of hydrogen-bond donors (Lipinski definition) is 0. The van der Waals surface area contributed by atoms with Gasteiger partial charge in [0.1, 0.15) is 18.1 Å². The van der Waals surface area contributed by atoms with Crippen LogP contribution < -0.4 is 9.47 Å². The van der Waals surface area contributed by atoms with Crippen LogP contribution in [0.5, 0.6) is 11.5 Å². The Kier molecular flexibility index (Phi) is 7.21. The highest BCUT2D eigenvalue weighted by molar-refractivity contribution is 9.10. The first-order valence-electron chi connectivity index (χ1n) is 8.39. The van der Waals surface area contributed by atoms with Gasteiger partial charge in [-0.05, 0) is 48.2 Å². The Labute approximate surface area is 179 Å². The monoisotopic (exact) mass is 482 g/mol.